The van der Waals surface area contributed by atoms with Crippen molar-refractivity contribution in [2.45, 2.75) is 19.3 Å². The number of rotatable bonds is 8. The Morgan fingerprint density at radius 3 is 2.72 bits per heavy atom. The second-order valence-electron chi connectivity index (χ2n) is 3.91. The van der Waals surface area contributed by atoms with Crippen LogP contribution in [0.5, 0.6) is 5.75 Å². The van der Waals surface area contributed by atoms with Gasteiger partial charge >= 0.3 is 6.09 Å². The van der Waals surface area contributed by atoms with Crippen LogP contribution in [0.3, 0.4) is 0 Å². The number of carboxylic acid groups (broad SMARTS) is 1. The zero-order valence-electron chi connectivity index (χ0n) is 10.4. The Hall–Kier alpha value is -1.97. The molecular weight excluding hydrogens is 230 g/mol. The van der Waals surface area contributed by atoms with E-state index in [9.17, 15) is 4.79 Å². The minimum atomic E-state index is -0.989. The number of unbranched alkanes of at least 4 members (excludes halogenated alkanes) is 1. The summed E-state index contributed by atoms with van der Waals surface area (Å²) in [4.78, 5) is 10.3. The summed E-state index contributed by atoms with van der Waals surface area (Å²) < 4.78 is 5.55. The van der Waals surface area contributed by atoms with E-state index in [0.29, 0.717) is 19.6 Å². The average Bonchev–Trinajstić information content (AvgIpc) is 2.36. The third-order valence-electron chi connectivity index (χ3n) is 2.43. The van der Waals surface area contributed by atoms with Gasteiger partial charge in [-0.1, -0.05) is 18.2 Å². The monoisotopic (exact) mass is 249 g/mol. The van der Waals surface area contributed by atoms with E-state index in [1.807, 2.05) is 30.3 Å². The first-order valence-electron chi connectivity index (χ1n) is 6.02. The predicted molar refractivity (Wildman–Crippen MR) is 71.1 cm³/mol. The SMILES string of the molecule is C=CCCCOc1ccc(CCNC(=O)O)cc1. The maximum absolute atomic E-state index is 10.3. The van der Waals surface area contributed by atoms with Crippen molar-refractivity contribution in [3.63, 3.8) is 0 Å². The molecule has 4 nitrogen and oxygen atoms in total. The number of carbonyl (C=O) groups is 1. The Balaban J connectivity index is 2.28. The van der Waals surface area contributed by atoms with Crippen molar-refractivity contribution in [3.8, 4) is 5.75 Å². The highest BCUT2D eigenvalue weighted by Crippen LogP contribution is 2.12. The molecular formula is C14H19NO3. The number of ether oxygens (including phenoxy) is 1. The molecule has 0 aliphatic rings. The maximum Gasteiger partial charge on any atom is 0.404 e. The molecule has 0 spiro atoms. The smallest absolute Gasteiger partial charge is 0.404 e. The van der Waals surface area contributed by atoms with Gasteiger partial charge in [-0.05, 0) is 37.0 Å². The minimum absolute atomic E-state index is 0.425. The van der Waals surface area contributed by atoms with E-state index in [1.54, 1.807) is 0 Å². The van der Waals surface area contributed by atoms with Gasteiger partial charge < -0.3 is 15.2 Å². The summed E-state index contributed by atoms with van der Waals surface area (Å²) in [6.45, 7) is 4.77. The number of nitrogens with one attached hydrogen (secondary N) is 1. The lowest BCUT2D eigenvalue weighted by Crippen LogP contribution is -2.23. The molecule has 0 fully saturated rings. The van der Waals surface area contributed by atoms with Gasteiger partial charge in [0.25, 0.3) is 0 Å². The molecule has 0 heterocycles. The number of hydrogen-bond acceptors (Lipinski definition) is 2. The number of amides is 1. The molecule has 0 radical (unpaired) electrons. The second-order valence-corrected chi connectivity index (χ2v) is 3.91. The lowest BCUT2D eigenvalue weighted by atomic mass is 10.1. The van der Waals surface area contributed by atoms with Crippen LogP contribution in [-0.4, -0.2) is 24.4 Å². The molecule has 0 aliphatic heterocycles. The molecule has 1 aromatic rings. The number of hydrogen-bond donors (Lipinski definition) is 2. The van der Waals surface area contributed by atoms with Gasteiger partial charge in [-0.3, -0.25) is 0 Å². The Bertz CT molecular complexity index is 373. The molecule has 0 atom stereocenters. The van der Waals surface area contributed by atoms with E-state index >= 15 is 0 Å². The maximum atomic E-state index is 10.3. The molecule has 0 bridgehead atoms. The molecule has 0 saturated heterocycles. The van der Waals surface area contributed by atoms with Crippen molar-refractivity contribution in [1.29, 1.82) is 0 Å². The van der Waals surface area contributed by atoms with Crippen LogP contribution in [0.25, 0.3) is 0 Å². The Morgan fingerprint density at radius 2 is 2.11 bits per heavy atom. The minimum Gasteiger partial charge on any atom is -0.494 e. The van der Waals surface area contributed by atoms with Gasteiger partial charge in [-0.2, -0.15) is 0 Å². The van der Waals surface area contributed by atoms with E-state index < -0.39 is 6.09 Å². The van der Waals surface area contributed by atoms with Crippen molar-refractivity contribution in [1.82, 2.24) is 5.32 Å². The van der Waals surface area contributed by atoms with Gasteiger partial charge in [0.15, 0.2) is 0 Å². The van der Waals surface area contributed by atoms with E-state index in [1.165, 1.54) is 0 Å². The summed E-state index contributed by atoms with van der Waals surface area (Å²) in [5, 5.41) is 10.8. The van der Waals surface area contributed by atoms with E-state index in [2.05, 4.69) is 11.9 Å². The Kier molecular flexibility index (Phi) is 6.40. The summed E-state index contributed by atoms with van der Waals surface area (Å²) in [5.74, 6) is 0.842. The second kappa shape index (κ2) is 8.17. The molecule has 98 valence electrons. The molecule has 2 N–H and O–H groups in total. The summed E-state index contributed by atoms with van der Waals surface area (Å²) in [5.41, 5.74) is 1.09. The fourth-order valence-corrected chi connectivity index (χ4v) is 1.48. The molecule has 4 heteroatoms. The number of benzene rings is 1. The van der Waals surface area contributed by atoms with Crippen LogP contribution in [-0.2, 0) is 6.42 Å². The van der Waals surface area contributed by atoms with E-state index in [-0.39, 0.29) is 0 Å². The van der Waals surface area contributed by atoms with Gasteiger partial charge in [0.05, 0.1) is 6.61 Å². The summed E-state index contributed by atoms with van der Waals surface area (Å²) >= 11 is 0. The molecule has 0 aromatic heterocycles. The van der Waals surface area contributed by atoms with Crippen LogP contribution in [0.2, 0.25) is 0 Å². The highest BCUT2D eigenvalue weighted by Gasteiger charge is 1.97. The third-order valence-corrected chi connectivity index (χ3v) is 2.43. The highest BCUT2D eigenvalue weighted by atomic mass is 16.5. The molecule has 0 aliphatic carbocycles. The van der Waals surface area contributed by atoms with Crippen molar-refractivity contribution >= 4 is 6.09 Å². The van der Waals surface area contributed by atoms with E-state index in [4.69, 9.17) is 9.84 Å². The third kappa shape index (κ3) is 5.94. The fourth-order valence-electron chi connectivity index (χ4n) is 1.48. The molecule has 1 aromatic carbocycles. The summed E-state index contributed by atoms with van der Waals surface area (Å²) in [7, 11) is 0. The topological polar surface area (TPSA) is 58.6 Å². The molecule has 1 amide bonds. The van der Waals surface area contributed by atoms with Gasteiger partial charge in [0.1, 0.15) is 5.75 Å². The lowest BCUT2D eigenvalue weighted by Gasteiger charge is -2.06. The normalized spacial score (nSPS) is 9.78. The summed E-state index contributed by atoms with van der Waals surface area (Å²) in [6, 6.07) is 7.72. The van der Waals surface area contributed by atoms with Crippen molar-refractivity contribution in [2.75, 3.05) is 13.2 Å². The number of allylic oxidation sites excluding steroid dienone is 1. The molecule has 0 unspecified atom stereocenters. The van der Waals surface area contributed by atoms with Crippen LogP contribution in [0.1, 0.15) is 18.4 Å². The quantitative estimate of drug-likeness (QED) is 0.550. The molecule has 0 saturated carbocycles. The largest absolute Gasteiger partial charge is 0.494 e. The lowest BCUT2D eigenvalue weighted by molar-refractivity contribution is 0.194. The zero-order chi connectivity index (χ0) is 13.2. The first kappa shape index (κ1) is 14.1. The molecule has 18 heavy (non-hydrogen) atoms. The van der Waals surface area contributed by atoms with Gasteiger partial charge in [0, 0.05) is 6.54 Å². The van der Waals surface area contributed by atoms with E-state index in [0.717, 1.165) is 24.2 Å². The zero-order valence-corrected chi connectivity index (χ0v) is 10.4. The van der Waals surface area contributed by atoms with Crippen molar-refractivity contribution in [3.05, 3.63) is 42.5 Å². The average molecular weight is 249 g/mol. The van der Waals surface area contributed by atoms with Crippen LogP contribution in [0.15, 0.2) is 36.9 Å². The van der Waals surface area contributed by atoms with Crippen molar-refractivity contribution < 1.29 is 14.6 Å². The first-order valence-corrected chi connectivity index (χ1v) is 6.02. The van der Waals surface area contributed by atoms with Crippen LogP contribution >= 0.6 is 0 Å². The van der Waals surface area contributed by atoms with Gasteiger partial charge in [0.2, 0.25) is 0 Å². The Morgan fingerprint density at radius 1 is 1.39 bits per heavy atom. The van der Waals surface area contributed by atoms with Gasteiger partial charge in [-0.15, -0.1) is 6.58 Å². The highest BCUT2D eigenvalue weighted by molar-refractivity contribution is 5.64. The van der Waals surface area contributed by atoms with Gasteiger partial charge in [-0.25, -0.2) is 4.79 Å². The van der Waals surface area contributed by atoms with Crippen LogP contribution in [0, 0.1) is 0 Å². The Labute approximate surface area is 107 Å². The van der Waals surface area contributed by atoms with Crippen LogP contribution in [0.4, 0.5) is 4.79 Å². The predicted octanol–water partition coefficient (Wildman–Crippen LogP) is 2.84. The fraction of sp³-hybridized carbons (Fsp3) is 0.357. The summed E-state index contributed by atoms with van der Waals surface area (Å²) in [6.07, 6.45) is 3.50. The van der Waals surface area contributed by atoms with Crippen molar-refractivity contribution in [2.24, 2.45) is 0 Å². The standard InChI is InChI=1S/C14H19NO3/c1-2-3-4-11-18-13-7-5-12(6-8-13)9-10-15-14(16)17/h2,5-8,15H,1,3-4,9-11H2,(H,16,17). The van der Waals surface area contributed by atoms with Crippen LogP contribution < -0.4 is 10.1 Å². The molecule has 1 rings (SSSR count). The first-order chi connectivity index (χ1) is 8.72.